The van der Waals surface area contributed by atoms with E-state index >= 15 is 0 Å². The van der Waals surface area contributed by atoms with Gasteiger partial charge in [-0.25, -0.2) is 0 Å². The van der Waals surface area contributed by atoms with E-state index in [1.807, 2.05) is 34.6 Å². The lowest BCUT2D eigenvalue weighted by Crippen LogP contribution is -2.33. The summed E-state index contributed by atoms with van der Waals surface area (Å²) in [7, 11) is 0. The third kappa shape index (κ3) is 3.82. The molecule has 5 heteroatoms. The molecule has 0 radical (unpaired) electrons. The lowest BCUT2D eigenvalue weighted by Gasteiger charge is -2.25. The first kappa shape index (κ1) is 14.2. The number of rotatable bonds is 5. The lowest BCUT2D eigenvalue weighted by atomic mass is 10.1. The summed E-state index contributed by atoms with van der Waals surface area (Å²) in [6.45, 7) is 11.3. The molecule has 0 aliphatic rings. The second-order valence-corrected chi connectivity index (χ2v) is 4.99. The highest BCUT2D eigenvalue weighted by atomic mass is 35.5. The Kier molecular flexibility index (Phi) is 4.71. The summed E-state index contributed by atoms with van der Waals surface area (Å²) >= 11 is 5.90. The second-order valence-electron chi connectivity index (χ2n) is 4.64. The largest absolute Gasteiger partial charge is 0.374 e. The van der Waals surface area contributed by atoms with Crippen molar-refractivity contribution >= 4 is 17.4 Å². The molecule has 0 amide bonds. The van der Waals surface area contributed by atoms with Crippen LogP contribution in [0.4, 0.5) is 5.82 Å². The zero-order valence-corrected chi connectivity index (χ0v) is 11.9. The van der Waals surface area contributed by atoms with Crippen LogP contribution in [0.25, 0.3) is 0 Å². The van der Waals surface area contributed by atoms with Gasteiger partial charge in [0.1, 0.15) is 0 Å². The molecule has 0 spiro atoms. The van der Waals surface area contributed by atoms with Gasteiger partial charge in [-0.1, -0.05) is 11.6 Å². The van der Waals surface area contributed by atoms with E-state index in [0.717, 1.165) is 16.9 Å². The van der Waals surface area contributed by atoms with Gasteiger partial charge >= 0.3 is 0 Å². The van der Waals surface area contributed by atoms with Crippen LogP contribution in [-0.4, -0.2) is 29.0 Å². The number of aromatic nitrogens is 2. The summed E-state index contributed by atoms with van der Waals surface area (Å²) in [5.41, 5.74) is 1.76. The van der Waals surface area contributed by atoms with Crippen LogP contribution in [-0.2, 0) is 4.74 Å². The molecule has 0 fully saturated rings. The average Bonchev–Trinajstić information content (AvgIpc) is 2.25. The Hall–Kier alpha value is -0.870. The molecular weight excluding hydrogens is 238 g/mol. The topological polar surface area (TPSA) is 47.0 Å². The maximum absolute atomic E-state index is 5.90. The molecule has 4 nitrogen and oxygen atoms in total. The van der Waals surface area contributed by atoms with Crippen molar-refractivity contribution in [3.05, 3.63) is 16.3 Å². The van der Waals surface area contributed by atoms with Gasteiger partial charge in [0.15, 0.2) is 11.0 Å². The van der Waals surface area contributed by atoms with E-state index in [0.29, 0.717) is 18.3 Å². The van der Waals surface area contributed by atoms with E-state index in [2.05, 4.69) is 15.5 Å². The van der Waals surface area contributed by atoms with Crippen LogP contribution < -0.4 is 5.32 Å². The Bertz CT molecular complexity index is 394. The van der Waals surface area contributed by atoms with Gasteiger partial charge in [-0.05, 0) is 45.7 Å². The molecule has 0 saturated heterocycles. The van der Waals surface area contributed by atoms with Gasteiger partial charge in [-0.2, -0.15) is 0 Å². The highest BCUT2D eigenvalue weighted by molar-refractivity contribution is 6.30. The Morgan fingerprint density at radius 2 is 1.88 bits per heavy atom. The number of nitrogens with zero attached hydrogens (tertiary/aromatic N) is 2. The zero-order valence-electron chi connectivity index (χ0n) is 11.1. The molecule has 1 N–H and O–H groups in total. The molecule has 0 unspecified atom stereocenters. The standard InChI is InChI=1S/C12H20ClN3O/c1-6-17-12(4,5)7-14-11-9(3)8(2)10(13)15-16-11/h6-7H2,1-5H3,(H,14,16). The summed E-state index contributed by atoms with van der Waals surface area (Å²) in [4.78, 5) is 0. The minimum Gasteiger partial charge on any atom is -0.374 e. The molecule has 0 saturated carbocycles. The van der Waals surface area contributed by atoms with Crippen LogP contribution in [0.15, 0.2) is 0 Å². The quantitative estimate of drug-likeness (QED) is 0.881. The van der Waals surface area contributed by atoms with Crippen molar-refractivity contribution in [3.63, 3.8) is 0 Å². The first-order valence-electron chi connectivity index (χ1n) is 5.74. The molecule has 17 heavy (non-hydrogen) atoms. The fourth-order valence-corrected chi connectivity index (χ4v) is 1.66. The minimum atomic E-state index is -0.226. The molecule has 0 aliphatic carbocycles. The third-order valence-corrected chi connectivity index (χ3v) is 3.04. The van der Waals surface area contributed by atoms with E-state index in [9.17, 15) is 0 Å². The number of halogens is 1. The number of anilines is 1. The second kappa shape index (κ2) is 5.65. The van der Waals surface area contributed by atoms with Crippen molar-refractivity contribution in [1.29, 1.82) is 0 Å². The molecule has 1 heterocycles. The summed E-state index contributed by atoms with van der Waals surface area (Å²) in [5, 5.41) is 11.7. The Labute approximate surface area is 108 Å². The monoisotopic (exact) mass is 257 g/mol. The fraction of sp³-hybridized carbons (Fsp3) is 0.667. The van der Waals surface area contributed by atoms with E-state index in [1.165, 1.54) is 0 Å². The molecule has 0 bridgehead atoms. The number of ether oxygens (including phenoxy) is 1. The van der Waals surface area contributed by atoms with Crippen LogP contribution in [0.3, 0.4) is 0 Å². The first-order valence-corrected chi connectivity index (χ1v) is 6.12. The van der Waals surface area contributed by atoms with Crippen molar-refractivity contribution < 1.29 is 4.74 Å². The predicted octanol–water partition coefficient (Wildman–Crippen LogP) is 2.97. The molecule has 1 aromatic rings. The van der Waals surface area contributed by atoms with Crippen LogP contribution in [0.5, 0.6) is 0 Å². The van der Waals surface area contributed by atoms with Gasteiger partial charge in [0.25, 0.3) is 0 Å². The summed E-state index contributed by atoms with van der Waals surface area (Å²) in [6.07, 6.45) is 0. The molecule has 1 rings (SSSR count). The van der Waals surface area contributed by atoms with E-state index < -0.39 is 0 Å². The van der Waals surface area contributed by atoms with Gasteiger partial charge in [0.2, 0.25) is 0 Å². The number of nitrogens with one attached hydrogen (secondary N) is 1. The van der Waals surface area contributed by atoms with Crippen LogP contribution in [0, 0.1) is 13.8 Å². The lowest BCUT2D eigenvalue weighted by molar-refractivity contribution is 0.000626. The van der Waals surface area contributed by atoms with Gasteiger partial charge in [-0.3, -0.25) is 0 Å². The van der Waals surface area contributed by atoms with Gasteiger partial charge < -0.3 is 10.1 Å². The van der Waals surface area contributed by atoms with E-state index in [1.54, 1.807) is 0 Å². The molecule has 96 valence electrons. The first-order chi connectivity index (χ1) is 7.87. The number of hydrogen-bond donors (Lipinski definition) is 1. The molecular formula is C12H20ClN3O. The molecule has 0 atom stereocenters. The maximum atomic E-state index is 5.90. The Balaban J connectivity index is 2.73. The maximum Gasteiger partial charge on any atom is 0.155 e. The van der Waals surface area contributed by atoms with Crippen molar-refractivity contribution in [1.82, 2.24) is 10.2 Å². The van der Waals surface area contributed by atoms with Crippen LogP contribution in [0.1, 0.15) is 31.9 Å². The van der Waals surface area contributed by atoms with Crippen LogP contribution >= 0.6 is 11.6 Å². The van der Waals surface area contributed by atoms with E-state index in [4.69, 9.17) is 16.3 Å². The smallest absolute Gasteiger partial charge is 0.155 e. The summed E-state index contributed by atoms with van der Waals surface area (Å²) in [5.74, 6) is 0.764. The predicted molar refractivity (Wildman–Crippen MR) is 70.7 cm³/mol. The Morgan fingerprint density at radius 1 is 1.24 bits per heavy atom. The van der Waals surface area contributed by atoms with E-state index in [-0.39, 0.29) is 5.60 Å². The molecule has 0 aromatic carbocycles. The zero-order chi connectivity index (χ0) is 13.1. The van der Waals surface area contributed by atoms with Crippen molar-refractivity contribution in [2.45, 2.75) is 40.2 Å². The van der Waals surface area contributed by atoms with Crippen molar-refractivity contribution in [2.24, 2.45) is 0 Å². The van der Waals surface area contributed by atoms with Gasteiger partial charge in [0.05, 0.1) is 5.60 Å². The highest BCUT2D eigenvalue weighted by Crippen LogP contribution is 2.21. The summed E-state index contributed by atoms with van der Waals surface area (Å²) in [6, 6.07) is 0. The minimum absolute atomic E-state index is 0.226. The van der Waals surface area contributed by atoms with Crippen molar-refractivity contribution in [3.8, 4) is 0 Å². The molecule has 0 aliphatic heterocycles. The summed E-state index contributed by atoms with van der Waals surface area (Å²) < 4.78 is 5.61. The van der Waals surface area contributed by atoms with Gasteiger partial charge in [0, 0.05) is 13.2 Å². The van der Waals surface area contributed by atoms with Gasteiger partial charge in [-0.15, -0.1) is 10.2 Å². The number of hydrogen-bond acceptors (Lipinski definition) is 4. The van der Waals surface area contributed by atoms with Crippen LogP contribution in [0.2, 0.25) is 5.15 Å². The molecule has 1 aromatic heterocycles. The highest BCUT2D eigenvalue weighted by Gasteiger charge is 2.18. The average molecular weight is 258 g/mol. The Morgan fingerprint density at radius 3 is 2.47 bits per heavy atom. The fourth-order valence-electron chi connectivity index (χ4n) is 1.48. The normalized spacial score (nSPS) is 11.6. The third-order valence-electron chi connectivity index (χ3n) is 2.68. The van der Waals surface area contributed by atoms with Crippen molar-refractivity contribution in [2.75, 3.05) is 18.5 Å². The SMILES string of the molecule is CCOC(C)(C)CNc1nnc(Cl)c(C)c1C.